The lowest BCUT2D eigenvalue weighted by molar-refractivity contribution is 0.405. The van der Waals surface area contributed by atoms with E-state index in [2.05, 4.69) is 0 Å². The van der Waals surface area contributed by atoms with Crippen LogP contribution in [0, 0.1) is 5.82 Å². The van der Waals surface area contributed by atoms with E-state index in [1.807, 2.05) is 13.0 Å². The molecule has 0 N–H and O–H groups in total. The van der Waals surface area contributed by atoms with Crippen LogP contribution < -0.4 is 4.74 Å². The molecular weight excluding hydrogens is 255 g/mol. The van der Waals surface area contributed by atoms with E-state index in [0.717, 1.165) is 12.2 Å². The normalized spacial score (nSPS) is 12.4. The number of hydrogen-bond acceptors (Lipinski definition) is 2. The molecular formula is C14H14ClFO2. The number of furan rings is 1. The molecule has 1 aromatic heterocycles. The van der Waals surface area contributed by atoms with Crippen molar-refractivity contribution in [3.63, 3.8) is 0 Å². The van der Waals surface area contributed by atoms with Crippen molar-refractivity contribution in [1.82, 2.24) is 0 Å². The molecule has 0 aliphatic rings. The Hall–Kier alpha value is -1.48. The van der Waals surface area contributed by atoms with Crippen LogP contribution in [0.2, 0.25) is 0 Å². The molecule has 0 bridgehead atoms. The van der Waals surface area contributed by atoms with Gasteiger partial charge in [-0.2, -0.15) is 0 Å². The molecule has 1 unspecified atom stereocenters. The minimum Gasteiger partial charge on any atom is -0.496 e. The van der Waals surface area contributed by atoms with Gasteiger partial charge in [0, 0.05) is 12.0 Å². The van der Waals surface area contributed by atoms with Crippen LogP contribution in [0.25, 0.3) is 0 Å². The van der Waals surface area contributed by atoms with Crippen LogP contribution in [-0.4, -0.2) is 7.11 Å². The molecule has 0 spiro atoms. The molecule has 2 rings (SSSR count). The van der Waals surface area contributed by atoms with Crippen molar-refractivity contribution in [2.45, 2.75) is 18.7 Å². The fourth-order valence-corrected chi connectivity index (χ4v) is 2.07. The Morgan fingerprint density at radius 3 is 2.72 bits per heavy atom. The summed E-state index contributed by atoms with van der Waals surface area (Å²) in [6.45, 7) is 1.99. The van der Waals surface area contributed by atoms with Gasteiger partial charge in [-0.15, -0.1) is 11.6 Å². The zero-order valence-electron chi connectivity index (χ0n) is 10.2. The molecule has 0 aliphatic heterocycles. The molecule has 0 amide bonds. The number of benzene rings is 1. The number of ether oxygens (including phenoxy) is 1. The van der Waals surface area contributed by atoms with Gasteiger partial charge in [-0.25, -0.2) is 4.39 Å². The van der Waals surface area contributed by atoms with Gasteiger partial charge in [-0.3, -0.25) is 0 Å². The minimum absolute atomic E-state index is 0.348. The zero-order valence-corrected chi connectivity index (χ0v) is 11.0. The van der Waals surface area contributed by atoms with E-state index in [1.54, 1.807) is 12.1 Å². The van der Waals surface area contributed by atoms with Gasteiger partial charge in [0.25, 0.3) is 0 Å². The number of halogens is 2. The Morgan fingerprint density at radius 1 is 1.33 bits per heavy atom. The molecule has 96 valence electrons. The van der Waals surface area contributed by atoms with E-state index < -0.39 is 5.38 Å². The van der Waals surface area contributed by atoms with E-state index in [-0.39, 0.29) is 5.82 Å². The molecule has 0 fully saturated rings. The van der Waals surface area contributed by atoms with Gasteiger partial charge in [0.05, 0.1) is 7.11 Å². The molecule has 0 aliphatic carbocycles. The van der Waals surface area contributed by atoms with Gasteiger partial charge in [0.1, 0.15) is 28.5 Å². The van der Waals surface area contributed by atoms with Crippen LogP contribution >= 0.6 is 11.6 Å². The van der Waals surface area contributed by atoms with Crippen molar-refractivity contribution < 1.29 is 13.5 Å². The Bertz CT molecular complexity index is 536. The highest BCUT2D eigenvalue weighted by atomic mass is 35.5. The third-order valence-electron chi connectivity index (χ3n) is 2.75. The molecule has 4 heteroatoms. The summed E-state index contributed by atoms with van der Waals surface area (Å²) in [6.07, 6.45) is 0.796. The summed E-state index contributed by atoms with van der Waals surface area (Å²) in [6, 6.07) is 7.94. The first-order valence-corrected chi connectivity index (χ1v) is 6.15. The topological polar surface area (TPSA) is 22.4 Å². The summed E-state index contributed by atoms with van der Waals surface area (Å²) in [4.78, 5) is 0. The molecule has 1 aromatic carbocycles. The first-order chi connectivity index (χ1) is 8.65. The molecule has 0 radical (unpaired) electrons. The van der Waals surface area contributed by atoms with E-state index in [1.165, 1.54) is 19.2 Å². The van der Waals surface area contributed by atoms with E-state index in [0.29, 0.717) is 17.1 Å². The zero-order chi connectivity index (χ0) is 13.1. The summed E-state index contributed by atoms with van der Waals surface area (Å²) in [5.41, 5.74) is 0.566. The van der Waals surface area contributed by atoms with Crippen LogP contribution in [0.4, 0.5) is 4.39 Å². The van der Waals surface area contributed by atoms with Crippen molar-refractivity contribution in [2.24, 2.45) is 0 Å². The predicted molar refractivity (Wildman–Crippen MR) is 68.7 cm³/mol. The van der Waals surface area contributed by atoms with Crippen LogP contribution in [0.5, 0.6) is 5.75 Å². The fourth-order valence-electron chi connectivity index (χ4n) is 1.78. The molecule has 2 nitrogen and oxygen atoms in total. The molecule has 0 saturated carbocycles. The van der Waals surface area contributed by atoms with Gasteiger partial charge in [0.15, 0.2) is 0 Å². The second-order valence-electron chi connectivity index (χ2n) is 3.91. The lowest BCUT2D eigenvalue weighted by Gasteiger charge is -2.12. The number of alkyl halides is 1. The van der Waals surface area contributed by atoms with Crippen molar-refractivity contribution in [2.75, 3.05) is 7.11 Å². The number of rotatable bonds is 4. The van der Waals surface area contributed by atoms with Crippen molar-refractivity contribution in [3.05, 3.63) is 53.2 Å². The summed E-state index contributed by atoms with van der Waals surface area (Å²) in [5, 5.41) is -0.559. The maximum absolute atomic E-state index is 13.3. The fraction of sp³-hybridized carbons (Fsp3) is 0.286. The predicted octanol–water partition coefficient (Wildman–Crippen LogP) is 4.32. The molecule has 18 heavy (non-hydrogen) atoms. The lowest BCUT2D eigenvalue weighted by atomic mass is 10.1. The van der Waals surface area contributed by atoms with Crippen LogP contribution in [0.15, 0.2) is 34.7 Å². The molecule has 2 aromatic rings. The van der Waals surface area contributed by atoms with Crippen molar-refractivity contribution in [1.29, 1.82) is 0 Å². The number of hydrogen-bond donors (Lipinski definition) is 0. The van der Waals surface area contributed by atoms with E-state index in [4.69, 9.17) is 20.8 Å². The summed E-state index contributed by atoms with van der Waals surface area (Å²) in [7, 11) is 1.53. The lowest BCUT2D eigenvalue weighted by Crippen LogP contribution is -1.97. The first kappa shape index (κ1) is 13.0. The van der Waals surface area contributed by atoms with Crippen molar-refractivity contribution in [3.8, 4) is 5.75 Å². The van der Waals surface area contributed by atoms with Gasteiger partial charge in [-0.05, 0) is 30.3 Å². The van der Waals surface area contributed by atoms with Gasteiger partial charge in [-0.1, -0.05) is 6.92 Å². The summed E-state index contributed by atoms with van der Waals surface area (Å²) >= 11 is 6.32. The van der Waals surface area contributed by atoms with Gasteiger partial charge < -0.3 is 9.15 Å². The Balaban J connectivity index is 2.38. The third kappa shape index (κ3) is 2.51. The second kappa shape index (κ2) is 5.44. The van der Waals surface area contributed by atoms with E-state index >= 15 is 0 Å². The monoisotopic (exact) mass is 268 g/mol. The van der Waals surface area contributed by atoms with Gasteiger partial charge >= 0.3 is 0 Å². The Labute approximate surface area is 110 Å². The number of methoxy groups -OCH3 is 1. The average molecular weight is 269 g/mol. The second-order valence-corrected chi connectivity index (χ2v) is 4.34. The largest absolute Gasteiger partial charge is 0.496 e. The highest BCUT2D eigenvalue weighted by Gasteiger charge is 2.19. The molecule has 0 saturated heterocycles. The smallest absolute Gasteiger partial charge is 0.126 e. The quantitative estimate of drug-likeness (QED) is 0.771. The maximum Gasteiger partial charge on any atom is 0.126 e. The molecule has 1 atom stereocenters. The highest BCUT2D eigenvalue weighted by molar-refractivity contribution is 6.22. The highest BCUT2D eigenvalue weighted by Crippen LogP contribution is 2.36. The van der Waals surface area contributed by atoms with E-state index in [9.17, 15) is 4.39 Å². The van der Waals surface area contributed by atoms with Crippen LogP contribution in [0.1, 0.15) is 29.4 Å². The first-order valence-electron chi connectivity index (χ1n) is 5.71. The SMILES string of the molecule is CCc1ccc(C(Cl)c2cc(F)ccc2OC)o1. The minimum atomic E-state index is -0.559. The maximum atomic E-state index is 13.3. The Kier molecular flexibility index (Phi) is 3.92. The van der Waals surface area contributed by atoms with Crippen molar-refractivity contribution >= 4 is 11.6 Å². The molecule has 1 heterocycles. The standard InChI is InChI=1S/C14H14ClFO2/c1-3-10-5-7-13(18-10)14(15)11-8-9(16)4-6-12(11)17-2/h4-8,14H,3H2,1-2H3. The van der Waals surface area contributed by atoms with Crippen LogP contribution in [-0.2, 0) is 6.42 Å². The van der Waals surface area contributed by atoms with Gasteiger partial charge in [0.2, 0.25) is 0 Å². The van der Waals surface area contributed by atoms with Crippen LogP contribution in [0.3, 0.4) is 0 Å². The number of aryl methyl sites for hydroxylation is 1. The summed E-state index contributed by atoms with van der Waals surface area (Å²) in [5.74, 6) is 1.65. The average Bonchev–Trinajstić information content (AvgIpc) is 2.86. The third-order valence-corrected chi connectivity index (χ3v) is 3.20. The summed E-state index contributed by atoms with van der Waals surface area (Å²) < 4.78 is 24.0. The Morgan fingerprint density at radius 2 is 2.11 bits per heavy atom.